The third-order valence-electron chi connectivity index (χ3n) is 7.78. The van der Waals surface area contributed by atoms with Crippen molar-refractivity contribution in [3.8, 4) is 0 Å². The Balaban J connectivity index is 3.70. The highest BCUT2D eigenvalue weighted by atomic mass is 16.6. The summed E-state index contributed by atoms with van der Waals surface area (Å²) in [5.41, 5.74) is 0. The Labute approximate surface area is 283 Å². The molecule has 0 fully saturated rings. The first-order valence-corrected chi connectivity index (χ1v) is 18.8. The maximum atomic E-state index is 12.1. The molecule has 0 aromatic carbocycles. The van der Waals surface area contributed by atoms with Crippen LogP contribution in [-0.2, 0) is 19.1 Å². The highest BCUT2D eigenvalue weighted by Gasteiger charge is 2.15. The van der Waals surface area contributed by atoms with Crippen molar-refractivity contribution in [2.45, 2.75) is 174 Å². The fraction of sp³-hybridized carbons (Fsp3) is 0.707. The van der Waals surface area contributed by atoms with Gasteiger partial charge in [-0.3, -0.25) is 9.59 Å². The lowest BCUT2D eigenvalue weighted by Crippen LogP contribution is -2.28. The average Bonchev–Trinajstić information content (AvgIpc) is 3.06. The Morgan fingerprint density at radius 1 is 0.500 bits per heavy atom. The van der Waals surface area contributed by atoms with E-state index in [9.17, 15) is 14.7 Å². The van der Waals surface area contributed by atoms with Crippen LogP contribution in [0.15, 0.2) is 60.8 Å². The van der Waals surface area contributed by atoms with Crippen LogP contribution in [0.1, 0.15) is 168 Å². The standard InChI is InChI=1S/C41H70O5/c1-3-5-7-9-11-13-15-17-19-20-22-24-26-28-30-32-34-36-41(44)46-39(37-42)38-45-40(43)35-33-31-29-27-25-23-21-18-16-14-12-10-8-6-4-2/h11,13,17-19,21-22,24,28,30,39,42H,3-10,12,14-16,20,23,25-27,29,31-38H2,1-2H3/t39-/m0/s1. The summed E-state index contributed by atoms with van der Waals surface area (Å²) in [4.78, 5) is 24.2. The normalized spacial score (nSPS) is 12.8. The van der Waals surface area contributed by atoms with Crippen LogP contribution in [0, 0.1) is 0 Å². The molecule has 0 amide bonds. The quantitative estimate of drug-likeness (QED) is 0.0438. The summed E-state index contributed by atoms with van der Waals surface area (Å²) >= 11 is 0. The smallest absolute Gasteiger partial charge is 0.306 e. The number of unbranched alkanes of at least 4 members (excludes halogenated alkanes) is 15. The Kier molecular flexibility index (Phi) is 35.1. The fourth-order valence-electron chi connectivity index (χ4n) is 4.89. The van der Waals surface area contributed by atoms with Crippen LogP contribution in [0.5, 0.6) is 0 Å². The van der Waals surface area contributed by atoms with Gasteiger partial charge in [0.2, 0.25) is 0 Å². The number of aliphatic hydroxyl groups is 1. The zero-order valence-corrected chi connectivity index (χ0v) is 29.8. The summed E-state index contributed by atoms with van der Waals surface area (Å²) in [6, 6.07) is 0. The van der Waals surface area contributed by atoms with E-state index in [0.717, 1.165) is 51.4 Å². The van der Waals surface area contributed by atoms with Crippen LogP contribution in [0.2, 0.25) is 0 Å². The van der Waals surface area contributed by atoms with Gasteiger partial charge in [-0.1, -0.05) is 139 Å². The van der Waals surface area contributed by atoms with E-state index in [-0.39, 0.29) is 31.6 Å². The summed E-state index contributed by atoms with van der Waals surface area (Å²) in [6.45, 7) is 4.04. The maximum Gasteiger partial charge on any atom is 0.306 e. The summed E-state index contributed by atoms with van der Waals surface area (Å²) in [5, 5.41) is 9.53. The van der Waals surface area contributed by atoms with Crippen LogP contribution in [0.25, 0.3) is 0 Å². The number of hydrogen-bond acceptors (Lipinski definition) is 5. The second-order valence-electron chi connectivity index (χ2n) is 12.3. The molecule has 0 saturated heterocycles. The molecular formula is C41H70O5. The van der Waals surface area contributed by atoms with Gasteiger partial charge in [-0.25, -0.2) is 0 Å². The van der Waals surface area contributed by atoms with Gasteiger partial charge in [0.05, 0.1) is 6.61 Å². The molecule has 5 heteroatoms. The second-order valence-corrected chi connectivity index (χ2v) is 12.3. The summed E-state index contributed by atoms with van der Waals surface area (Å²) < 4.78 is 10.5. The van der Waals surface area contributed by atoms with E-state index >= 15 is 0 Å². The molecule has 46 heavy (non-hydrogen) atoms. The number of rotatable bonds is 33. The summed E-state index contributed by atoms with van der Waals surface area (Å²) in [5.74, 6) is -0.670. The minimum atomic E-state index is -0.804. The monoisotopic (exact) mass is 643 g/mol. The summed E-state index contributed by atoms with van der Waals surface area (Å²) in [7, 11) is 0. The van der Waals surface area contributed by atoms with Crippen molar-refractivity contribution in [3.63, 3.8) is 0 Å². The number of carbonyl (C=O) groups is 2. The number of carbonyl (C=O) groups excluding carboxylic acids is 2. The SMILES string of the molecule is CCCCCC=CCC=CCC=CCC=CCCCC(=O)O[C@@H](CO)COC(=O)CCCCCCCC=CCCCCCCCC. The van der Waals surface area contributed by atoms with E-state index in [1.54, 1.807) is 0 Å². The molecule has 0 rings (SSSR count). The van der Waals surface area contributed by atoms with Crippen molar-refractivity contribution < 1.29 is 24.2 Å². The van der Waals surface area contributed by atoms with Gasteiger partial charge >= 0.3 is 11.9 Å². The molecule has 0 aromatic heterocycles. The van der Waals surface area contributed by atoms with Crippen molar-refractivity contribution in [2.75, 3.05) is 13.2 Å². The summed E-state index contributed by atoms with van der Waals surface area (Å²) in [6.07, 6.45) is 47.1. The number of hydrogen-bond donors (Lipinski definition) is 1. The Bertz CT molecular complexity index is 823. The van der Waals surface area contributed by atoms with Gasteiger partial charge in [-0.2, -0.15) is 0 Å². The fourth-order valence-corrected chi connectivity index (χ4v) is 4.89. The molecule has 0 aliphatic heterocycles. The molecule has 0 bridgehead atoms. The van der Waals surface area contributed by atoms with Gasteiger partial charge in [0.15, 0.2) is 6.10 Å². The van der Waals surface area contributed by atoms with Gasteiger partial charge in [0, 0.05) is 12.8 Å². The topological polar surface area (TPSA) is 72.8 Å². The molecule has 0 saturated carbocycles. The van der Waals surface area contributed by atoms with Crippen LogP contribution >= 0.6 is 0 Å². The number of ether oxygens (including phenoxy) is 2. The number of aliphatic hydroxyl groups excluding tert-OH is 1. The van der Waals surface area contributed by atoms with Crippen LogP contribution in [0.4, 0.5) is 0 Å². The van der Waals surface area contributed by atoms with Gasteiger partial charge in [-0.05, 0) is 77.0 Å². The average molecular weight is 643 g/mol. The molecule has 0 aliphatic carbocycles. The first kappa shape index (κ1) is 43.6. The van der Waals surface area contributed by atoms with Crippen molar-refractivity contribution >= 4 is 11.9 Å². The van der Waals surface area contributed by atoms with Crippen molar-refractivity contribution in [3.05, 3.63) is 60.8 Å². The van der Waals surface area contributed by atoms with Crippen LogP contribution < -0.4 is 0 Å². The molecule has 264 valence electrons. The number of allylic oxidation sites excluding steroid dienone is 10. The molecule has 0 aromatic rings. The molecule has 0 unspecified atom stereocenters. The lowest BCUT2D eigenvalue weighted by molar-refractivity contribution is -0.161. The predicted molar refractivity (Wildman–Crippen MR) is 196 cm³/mol. The third kappa shape index (κ3) is 34.5. The highest BCUT2D eigenvalue weighted by molar-refractivity contribution is 5.70. The zero-order valence-electron chi connectivity index (χ0n) is 29.8. The van der Waals surface area contributed by atoms with Gasteiger partial charge in [0.1, 0.15) is 6.61 Å². The molecule has 0 aliphatic rings. The molecular weight excluding hydrogens is 572 g/mol. The van der Waals surface area contributed by atoms with Gasteiger partial charge < -0.3 is 14.6 Å². The minimum Gasteiger partial charge on any atom is -0.462 e. The molecule has 5 nitrogen and oxygen atoms in total. The van der Waals surface area contributed by atoms with Crippen molar-refractivity contribution in [2.24, 2.45) is 0 Å². The van der Waals surface area contributed by atoms with Gasteiger partial charge in [0.25, 0.3) is 0 Å². The van der Waals surface area contributed by atoms with Crippen LogP contribution in [0.3, 0.4) is 0 Å². The maximum absolute atomic E-state index is 12.1. The Morgan fingerprint density at radius 2 is 0.891 bits per heavy atom. The van der Waals surface area contributed by atoms with Gasteiger partial charge in [-0.15, -0.1) is 0 Å². The second kappa shape index (κ2) is 37.1. The van der Waals surface area contributed by atoms with E-state index in [0.29, 0.717) is 12.8 Å². The Hall–Kier alpha value is -2.40. The van der Waals surface area contributed by atoms with E-state index in [1.165, 1.54) is 83.5 Å². The lowest BCUT2D eigenvalue weighted by Gasteiger charge is -2.15. The molecule has 1 atom stereocenters. The highest BCUT2D eigenvalue weighted by Crippen LogP contribution is 2.11. The van der Waals surface area contributed by atoms with Crippen molar-refractivity contribution in [1.29, 1.82) is 0 Å². The largest absolute Gasteiger partial charge is 0.462 e. The first-order chi connectivity index (χ1) is 22.6. The van der Waals surface area contributed by atoms with E-state index in [4.69, 9.17) is 9.47 Å². The van der Waals surface area contributed by atoms with Crippen molar-refractivity contribution in [1.82, 2.24) is 0 Å². The first-order valence-electron chi connectivity index (χ1n) is 18.8. The van der Waals surface area contributed by atoms with E-state index < -0.39 is 6.10 Å². The lowest BCUT2D eigenvalue weighted by atomic mass is 10.1. The predicted octanol–water partition coefficient (Wildman–Crippen LogP) is 11.6. The molecule has 0 spiro atoms. The van der Waals surface area contributed by atoms with E-state index in [1.807, 2.05) is 0 Å². The van der Waals surface area contributed by atoms with Crippen LogP contribution in [-0.4, -0.2) is 36.4 Å². The van der Waals surface area contributed by atoms with E-state index in [2.05, 4.69) is 74.6 Å². The Morgan fingerprint density at radius 3 is 1.43 bits per heavy atom. The minimum absolute atomic E-state index is 0.0939. The molecule has 0 heterocycles. The molecule has 1 N–H and O–H groups in total. The molecule has 0 radical (unpaired) electrons. The number of esters is 2. The zero-order chi connectivity index (χ0) is 33.6. The third-order valence-corrected chi connectivity index (χ3v) is 7.78.